The molecule has 1 aromatic heterocycles. The van der Waals surface area contributed by atoms with E-state index >= 15 is 0 Å². The van der Waals surface area contributed by atoms with Crippen LogP contribution in [0.15, 0.2) is 12.3 Å². The van der Waals surface area contributed by atoms with Gasteiger partial charge in [0.1, 0.15) is 16.9 Å². The van der Waals surface area contributed by atoms with Gasteiger partial charge < -0.3 is 10.0 Å². The van der Waals surface area contributed by atoms with E-state index < -0.39 is 16.5 Å². The Bertz CT molecular complexity index is 475. The van der Waals surface area contributed by atoms with Crippen LogP contribution in [0.1, 0.15) is 23.7 Å². The number of pyridine rings is 1. The Kier molecular flexibility index (Phi) is 5.65. The fraction of sp³-hybridized carbons (Fsp3) is 0.455. The molecule has 0 radical (unpaired) electrons. The summed E-state index contributed by atoms with van der Waals surface area (Å²) in [5.41, 5.74) is -0.514. The van der Waals surface area contributed by atoms with Crippen LogP contribution in [0.3, 0.4) is 0 Å². The molecule has 19 heavy (non-hydrogen) atoms. The van der Waals surface area contributed by atoms with E-state index in [1.54, 1.807) is 0 Å². The first-order chi connectivity index (χ1) is 9.01. The Hall–Kier alpha value is -1.73. The average Bonchev–Trinajstić information content (AvgIpc) is 2.37. The Morgan fingerprint density at radius 1 is 1.58 bits per heavy atom. The van der Waals surface area contributed by atoms with Crippen LogP contribution < -0.4 is 0 Å². The maximum absolute atomic E-state index is 12.2. The summed E-state index contributed by atoms with van der Waals surface area (Å²) in [6.45, 7) is 2.17. The van der Waals surface area contributed by atoms with Crippen LogP contribution in [0.2, 0.25) is 5.15 Å². The van der Waals surface area contributed by atoms with E-state index in [0.29, 0.717) is 13.0 Å². The van der Waals surface area contributed by atoms with Gasteiger partial charge in [-0.3, -0.25) is 14.9 Å². The third-order valence-electron chi connectivity index (χ3n) is 2.43. The SMILES string of the molecule is CCCN(CCO)C(=O)c1cc(Cl)ncc1[N+](=O)[O-]. The molecule has 1 aromatic rings. The lowest BCUT2D eigenvalue weighted by atomic mass is 10.2. The quantitative estimate of drug-likeness (QED) is 0.486. The maximum Gasteiger partial charge on any atom is 0.300 e. The molecule has 0 unspecified atom stereocenters. The molecule has 0 aliphatic heterocycles. The van der Waals surface area contributed by atoms with E-state index in [1.165, 1.54) is 11.0 Å². The molecule has 0 saturated heterocycles. The van der Waals surface area contributed by atoms with Crippen molar-refractivity contribution in [3.05, 3.63) is 33.1 Å². The van der Waals surface area contributed by atoms with Gasteiger partial charge in [0.2, 0.25) is 0 Å². The number of amides is 1. The van der Waals surface area contributed by atoms with Crippen molar-refractivity contribution in [2.24, 2.45) is 0 Å². The summed E-state index contributed by atoms with van der Waals surface area (Å²) in [6, 6.07) is 1.17. The molecule has 0 saturated carbocycles. The first-order valence-corrected chi connectivity index (χ1v) is 6.09. The number of carbonyl (C=O) groups is 1. The minimum Gasteiger partial charge on any atom is -0.395 e. The van der Waals surface area contributed by atoms with E-state index in [0.717, 1.165) is 6.20 Å². The lowest BCUT2D eigenvalue weighted by Crippen LogP contribution is -2.34. The maximum atomic E-state index is 12.2. The number of carbonyl (C=O) groups excluding carboxylic acids is 1. The number of aliphatic hydroxyl groups excluding tert-OH is 1. The Morgan fingerprint density at radius 3 is 2.79 bits per heavy atom. The number of hydrogen-bond acceptors (Lipinski definition) is 5. The number of aliphatic hydroxyl groups is 1. The van der Waals surface area contributed by atoms with Crippen LogP contribution in [0.25, 0.3) is 0 Å². The summed E-state index contributed by atoms with van der Waals surface area (Å²) >= 11 is 5.67. The van der Waals surface area contributed by atoms with Crippen LogP contribution in [-0.2, 0) is 0 Å². The van der Waals surface area contributed by atoms with E-state index in [2.05, 4.69) is 4.98 Å². The topological polar surface area (TPSA) is 96.6 Å². The third kappa shape index (κ3) is 3.87. The molecule has 104 valence electrons. The van der Waals surface area contributed by atoms with Crippen LogP contribution in [0.5, 0.6) is 0 Å². The zero-order valence-corrected chi connectivity index (χ0v) is 11.1. The molecule has 8 heteroatoms. The van der Waals surface area contributed by atoms with Gasteiger partial charge in [-0.2, -0.15) is 0 Å². The lowest BCUT2D eigenvalue weighted by molar-refractivity contribution is -0.385. The summed E-state index contributed by atoms with van der Waals surface area (Å²) in [5.74, 6) is -0.535. The minimum atomic E-state index is -0.681. The molecule has 0 aliphatic carbocycles. The molecule has 0 fully saturated rings. The summed E-state index contributed by atoms with van der Waals surface area (Å²) in [5, 5.41) is 19.8. The standard InChI is InChI=1S/C11H14ClN3O4/c1-2-3-14(4-5-16)11(17)8-6-10(12)13-7-9(8)15(18)19/h6-7,16H,2-5H2,1H3. The van der Waals surface area contributed by atoms with Crippen molar-refractivity contribution >= 4 is 23.2 Å². The minimum absolute atomic E-state index is 0.00870. The molecular formula is C11H14ClN3O4. The Labute approximate surface area is 115 Å². The van der Waals surface area contributed by atoms with Crippen molar-refractivity contribution in [1.82, 2.24) is 9.88 Å². The van der Waals surface area contributed by atoms with Gasteiger partial charge in [0.25, 0.3) is 11.6 Å². The van der Waals surface area contributed by atoms with Gasteiger partial charge in [0, 0.05) is 13.1 Å². The number of halogens is 1. The largest absolute Gasteiger partial charge is 0.395 e. The first kappa shape index (κ1) is 15.3. The normalized spacial score (nSPS) is 10.3. The summed E-state index contributed by atoms with van der Waals surface area (Å²) < 4.78 is 0. The van der Waals surface area contributed by atoms with Gasteiger partial charge in [0.15, 0.2) is 0 Å². The molecule has 0 spiro atoms. The number of nitrogens with zero attached hydrogens (tertiary/aromatic N) is 3. The van der Waals surface area contributed by atoms with Gasteiger partial charge in [-0.05, 0) is 12.5 Å². The molecule has 1 amide bonds. The second kappa shape index (κ2) is 7.01. The summed E-state index contributed by atoms with van der Waals surface area (Å²) in [4.78, 5) is 27.4. The molecule has 0 atom stereocenters. The molecule has 1 heterocycles. The zero-order chi connectivity index (χ0) is 14.4. The smallest absolute Gasteiger partial charge is 0.300 e. The Balaban J connectivity index is 3.15. The zero-order valence-electron chi connectivity index (χ0n) is 10.4. The van der Waals surface area contributed by atoms with E-state index in [4.69, 9.17) is 16.7 Å². The highest BCUT2D eigenvalue weighted by molar-refractivity contribution is 6.29. The highest BCUT2D eigenvalue weighted by Crippen LogP contribution is 2.22. The second-order valence-corrected chi connectivity index (χ2v) is 4.18. The van der Waals surface area contributed by atoms with E-state index in [1.807, 2.05) is 6.92 Å². The van der Waals surface area contributed by atoms with Gasteiger partial charge in [0.05, 0.1) is 11.5 Å². The van der Waals surface area contributed by atoms with Crippen LogP contribution >= 0.6 is 11.6 Å². The monoisotopic (exact) mass is 287 g/mol. The number of rotatable bonds is 6. The molecule has 7 nitrogen and oxygen atoms in total. The highest BCUT2D eigenvalue weighted by Gasteiger charge is 2.25. The van der Waals surface area contributed by atoms with Crippen LogP contribution in [0.4, 0.5) is 5.69 Å². The number of aromatic nitrogens is 1. The fourth-order valence-corrected chi connectivity index (χ4v) is 1.77. The molecular weight excluding hydrogens is 274 g/mol. The predicted octanol–water partition coefficient (Wildman–Crippen LogP) is 1.49. The molecule has 0 aliphatic rings. The van der Waals surface area contributed by atoms with E-state index in [-0.39, 0.29) is 23.9 Å². The van der Waals surface area contributed by atoms with Crippen molar-refractivity contribution in [3.8, 4) is 0 Å². The molecule has 0 aromatic carbocycles. The number of hydrogen-bond donors (Lipinski definition) is 1. The third-order valence-corrected chi connectivity index (χ3v) is 2.63. The lowest BCUT2D eigenvalue weighted by Gasteiger charge is -2.20. The summed E-state index contributed by atoms with van der Waals surface area (Å²) in [6.07, 6.45) is 1.64. The van der Waals surface area contributed by atoms with Crippen LogP contribution in [-0.4, -0.2) is 45.5 Å². The molecule has 1 rings (SSSR count). The van der Waals surface area contributed by atoms with Gasteiger partial charge in [-0.1, -0.05) is 18.5 Å². The average molecular weight is 288 g/mol. The van der Waals surface area contributed by atoms with Crippen LogP contribution in [0, 0.1) is 10.1 Å². The summed E-state index contributed by atoms with van der Waals surface area (Å²) in [7, 11) is 0. The second-order valence-electron chi connectivity index (χ2n) is 3.80. The highest BCUT2D eigenvalue weighted by atomic mass is 35.5. The number of nitro groups is 1. The molecule has 1 N–H and O–H groups in total. The van der Waals surface area contributed by atoms with Crippen molar-refractivity contribution in [3.63, 3.8) is 0 Å². The van der Waals surface area contributed by atoms with Crippen molar-refractivity contribution in [2.45, 2.75) is 13.3 Å². The van der Waals surface area contributed by atoms with Gasteiger partial charge in [-0.25, -0.2) is 4.98 Å². The van der Waals surface area contributed by atoms with Crippen molar-refractivity contribution in [2.75, 3.05) is 19.7 Å². The molecule has 0 bridgehead atoms. The van der Waals surface area contributed by atoms with E-state index in [9.17, 15) is 14.9 Å². The predicted molar refractivity (Wildman–Crippen MR) is 69.2 cm³/mol. The van der Waals surface area contributed by atoms with Crippen molar-refractivity contribution in [1.29, 1.82) is 0 Å². The first-order valence-electron chi connectivity index (χ1n) is 5.71. The van der Waals surface area contributed by atoms with Crippen molar-refractivity contribution < 1.29 is 14.8 Å². The Morgan fingerprint density at radius 2 is 2.26 bits per heavy atom. The van der Waals surface area contributed by atoms with Gasteiger partial charge >= 0.3 is 0 Å². The van der Waals surface area contributed by atoms with Gasteiger partial charge in [-0.15, -0.1) is 0 Å². The fourth-order valence-electron chi connectivity index (χ4n) is 1.62.